The molecule has 0 saturated carbocycles. The Kier molecular flexibility index (Phi) is 9.71. The zero-order valence-electron chi connectivity index (χ0n) is 11.8. The van der Waals surface area contributed by atoms with Crippen molar-refractivity contribution in [3.63, 3.8) is 0 Å². The lowest BCUT2D eigenvalue weighted by molar-refractivity contribution is -0.283. The summed E-state index contributed by atoms with van der Waals surface area (Å²) in [6, 6.07) is 0. The molecule has 21 heavy (non-hydrogen) atoms. The summed E-state index contributed by atoms with van der Waals surface area (Å²) in [5.41, 5.74) is 0. The summed E-state index contributed by atoms with van der Waals surface area (Å²) in [4.78, 5) is 10.8. The van der Waals surface area contributed by atoms with Crippen molar-refractivity contribution in [3.05, 3.63) is 0 Å². The predicted molar refractivity (Wildman–Crippen MR) is 77.8 cm³/mol. The third kappa shape index (κ3) is 9.46. The van der Waals surface area contributed by atoms with Gasteiger partial charge >= 0.3 is 18.1 Å². The Morgan fingerprint density at radius 3 is 2.10 bits per heavy atom. The normalized spacial score (nSPS) is 14.0. The fraction of sp³-hybridized carbons (Fsp3) is 0.923. The second-order valence-electron chi connectivity index (χ2n) is 4.89. The molecule has 0 aliphatic heterocycles. The lowest BCUT2D eigenvalue weighted by atomic mass is 10.0. The third-order valence-electron chi connectivity index (χ3n) is 3.02. The second kappa shape index (κ2) is 9.78. The van der Waals surface area contributed by atoms with Gasteiger partial charge in [-0.15, -0.1) is 0 Å². The Bertz CT molecular complexity index is 307. The van der Waals surface area contributed by atoms with Crippen molar-refractivity contribution in [2.24, 2.45) is 0 Å². The van der Waals surface area contributed by atoms with E-state index in [1.54, 1.807) is 22.6 Å². The standard InChI is InChI=1S/C13H20F5IO2/c1-21-11(20)8-6-4-2-3-5-7-10(19)9-12(14,15)13(16,17)18/h10H,2-9H2,1H3. The van der Waals surface area contributed by atoms with Gasteiger partial charge in [0.1, 0.15) is 0 Å². The number of hydrogen-bond acceptors (Lipinski definition) is 2. The molecule has 0 radical (unpaired) electrons. The van der Waals surface area contributed by atoms with Crippen molar-refractivity contribution in [2.75, 3.05) is 7.11 Å². The van der Waals surface area contributed by atoms with Crippen LogP contribution in [0.15, 0.2) is 0 Å². The van der Waals surface area contributed by atoms with Gasteiger partial charge in [0, 0.05) is 16.8 Å². The SMILES string of the molecule is COC(=O)CCCCCCCC(I)CC(F)(F)C(F)(F)F. The first-order valence-corrected chi connectivity index (χ1v) is 8.00. The highest BCUT2D eigenvalue weighted by Crippen LogP contribution is 2.40. The molecule has 0 spiro atoms. The average molecular weight is 430 g/mol. The van der Waals surface area contributed by atoms with Gasteiger partial charge in [-0.3, -0.25) is 4.79 Å². The number of alkyl halides is 6. The summed E-state index contributed by atoms with van der Waals surface area (Å²) in [7, 11) is 1.32. The summed E-state index contributed by atoms with van der Waals surface area (Å²) in [6.07, 6.45) is -2.23. The topological polar surface area (TPSA) is 26.3 Å². The minimum atomic E-state index is -5.47. The van der Waals surface area contributed by atoms with Crippen LogP contribution in [0.1, 0.15) is 51.4 Å². The highest BCUT2D eigenvalue weighted by molar-refractivity contribution is 14.1. The van der Waals surface area contributed by atoms with Crippen LogP contribution in [0.2, 0.25) is 0 Å². The molecule has 0 aliphatic rings. The van der Waals surface area contributed by atoms with Crippen LogP contribution in [0.3, 0.4) is 0 Å². The molecule has 1 atom stereocenters. The predicted octanol–water partition coefficient (Wildman–Crippen LogP) is 5.28. The Balaban J connectivity index is 3.67. The van der Waals surface area contributed by atoms with Gasteiger partial charge in [-0.05, 0) is 12.8 Å². The molecule has 2 nitrogen and oxygen atoms in total. The largest absolute Gasteiger partial charge is 0.469 e. The number of carbonyl (C=O) groups excluding carboxylic acids is 1. The molecule has 0 aliphatic carbocycles. The summed E-state index contributed by atoms with van der Waals surface area (Å²) in [6.45, 7) is 0. The Morgan fingerprint density at radius 1 is 1.05 bits per heavy atom. The third-order valence-corrected chi connectivity index (χ3v) is 4.08. The number of halogens is 6. The quantitative estimate of drug-likeness (QED) is 0.155. The van der Waals surface area contributed by atoms with Gasteiger partial charge in [-0.2, -0.15) is 22.0 Å². The molecule has 0 aromatic heterocycles. The fourth-order valence-corrected chi connectivity index (χ4v) is 2.76. The van der Waals surface area contributed by atoms with E-state index < -0.39 is 22.4 Å². The number of carbonyl (C=O) groups is 1. The van der Waals surface area contributed by atoms with Crippen LogP contribution in [0.4, 0.5) is 22.0 Å². The number of hydrogen-bond donors (Lipinski definition) is 0. The number of methoxy groups -OCH3 is 1. The molecule has 0 rings (SSSR count). The van der Waals surface area contributed by atoms with Crippen LogP contribution in [0.5, 0.6) is 0 Å². The molecule has 8 heteroatoms. The van der Waals surface area contributed by atoms with E-state index in [1.165, 1.54) is 7.11 Å². The van der Waals surface area contributed by atoms with Crippen molar-refractivity contribution < 1.29 is 31.5 Å². The molecule has 0 fully saturated rings. The van der Waals surface area contributed by atoms with Crippen molar-refractivity contribution in [2.45, 2.75) is 67.4 Å². The highest BCUT2D eigenvalue weighted by Gasteiger charge is 2.57. The maximum atomic E-state index is 12.8. The number of ether oxygens (including phenoxy) is 1. The molecule has 0 aromatic rings. The van der Waals surface area contributed by atoms with Gasteiger partial charge in [0.05, 0.1) is 7.11 Å². The smallest absolute Gasteiger partial charge is 0.453 e. The van der Waals surface area contributed by atoms with E-state index in [2.05, 4.69) is 4.74 Å². The second-order valence-corrected chi connectivity index (χ2v) is 6.65. The number of unbranched alkanes of at least 4 members (excludes halogenated alkanes) is 4. The molecule has 0 aromatic carbocycles. The minimum Gasteiger partial charge on any atom is -0.469 e. The zero-order valence-corrected chi connectivity index (χ0v) is 14.0. The van der Waals surface area contributed by atoms with E-state index in [0.717, 1.165) is 19.3 Å². The monoisotopic (exact) mass is 430 g/mol. The van der Waals surface area contributed by atoms with Gasteiger partial charge in [-0.1, -0.05) is 48.3 Å². The van der Waals surface area contributed by atoms with E-state index in [-0.39, 0.29) is 5.97 Å². The van der Waals surface area contributed by atoms with Crippen molar-refractivity contribution >= 4 is 28.6 Å². The van der Waals surface area contributed by atoms with Crippen LogP contribution in [0.25, 0.3) is 0 Å². The van der Waals surface area contributed by atoms with Crippen LogP contribution in [-0.4, -0.2) is 29.1 Å². The average Bonchev–Trinajstić information content (AvgIpc) is 2.35. The Morgan fingerprint density at radius 2 is 1.57 bits per heavy atom. The summed E-state index contributed by atoms with van der Waals surface area (Å²) in [5, 5.41) is 0. The molecule has 0 bridgehead atoms. The van der Waals surface area contributed by atoms with Gasteiger partial charge in [0.2, 0.25) is 0 Å². The first kappa shape index (κ1) is 20.9. The van der Waals surface area contributed by atoms with Gasteiger partial charge in [0.15, 0.2) is 0 Å². The van der Waals surface area contributed by atoms with E-state index in [4.69, 9.17) is 0 Å². The molecular formula is C13H20F5IO2. The minimum absolute atomic E-state index is 0.267. The summed E-state index contributed by atoms with van der Waals surface area (Å²) < 4.78 is 65.4. The number of rotatable bonds is 10. The molecule has 0 N–H and O–H groups in total. The lowest BCUT2D eigenvalue weighted by Crippen LogP contribution is -2.38. The zero-order chi connectivity index (χ0) is 16.5. The van der Waals surface area contributed by atoms with Crippen molar-refractivity contribution in [1.29, 1.82) is 0 Å². The van der Waals surface area contributed by atoms with Gasteiger partial charge in [-0.25, -0.2) is 0 Å². The van der Waals surface area contributed by atoms with E-state index in [1.807, 2.05) is 0 Å². The van der Waals surface area contributed by atoms with Crippen LogP contribution in [0, 0.1) is 0 Å². The summed E-state index contributed by atoms with van der Waals surface area (Å²) >= 11 is 1.65. The Hall–Kier alpha value is -0.150. The van der Waals surface area contributed by atoms with E-state index in [0.29, 0.717) is 25.7 Å². The van der Waals surface area contributed by atoms with E-state index >= 15 is 0 Å². The molecule has 0 amide bonds. The highest BCUT2D eigenvalue weighted by atomic mass is 127. The molecule has 126 valence electrons. The molecular weight excluding hydrogens is 410 g/mol. The van der Waals surface area contributed by atoms with Crippen molar-refractivity contribution in [1.82, 2.24) is 0 Å². The maximum Gasteiger partial charge on any atom is 0.453 e. The Labute approximate surface area is 134 Å². The van der Waals surface area contributed by atoms with Gasteiger partial charge < -0.3 is 4.74 Å². The van der Waals surface area contributed by atoms with Crippen LogP contribution < -0.4 is 0 Å². The number of esters is 1. The van der Waals surface area contributed by atoms with Crippen LogP contribution in [-0.2, 0) is 9.53 Å². The van der Waals surface area contributed by atoms with Gasteiger partial charge in [0.25, 0.3) is 0 Å². The first-order chi connectivity index (χ1) is 9.60. The fourth-order valence-electron chi connectivity index (χ4n) is 1.76. The van der Waals surface area contributed by atoms with Crippen molar-refractivity contribution in [3.8, 4) is 0 Å². The summed E-state index contributed by atoms with van der Waals surface area (Å²) in [5.74, 6) is -4.88. The molecule has 0 saturated heterocycles. The van der Waals surface area contributed by atoms with Crippen LogP contribution >= 0.6 is 22.6 Å². The van der Waals surface area contributed by atoms with E-state index in [9.17, 15) is 26.7 Å². The first-order valence-electron chi connectivity index (χ1n) is 6.75. The molecule has 0 heterocycles. The lowest BCUT2D eigenvalue weighted by Gasteiger charge is -2.22. The molecule has 1 unspecified atom stereocenters. The maximum absolute atomic E-state index is 12.8.